The van der Waals surface area contributed by atoms with E-state index < -0.39 is 22.8 Å². The summed E-state index contributed by atoms with van der Waals surface area (Å²) in [6.45, 7) is 0. The number of hydrogen-bond donors (Lipinski definition) is 2. The van der Waals surface area contributed by atoms with Crippen LogP contribution in [-0.2, 0) is 4.79 Å². The van der Waals surface area contributed by atoms with E-state index in [4.69, 9.17) is 4.74 Å². The minimum absolute atomic E-state index is 0.154. The third-order valence-corrected chi connectivity index (χ3v) is 2.50. The van der Waals surface area contributed by atoms with Crippen LogP contribution in [0, 0.1) is 16.0 Å². The van der Waals surface area contributed by atoms with Crippen molar-refractivity contribution < 1.29 is 14.5 Å². The molecule has 1 aliphatic carbocycles. The van der Waals surface area contributed by atoms with Gasteiger partial charge < -0.3 is 4.74 Å². The van der Waals surface area contributed by atoms with Gasteiger partial charge in [0.05, 0.1) is 7.11 Å². The number of carbonyl (C=O) groups is 1. The second kappa shape index (κ2) is 4.82. The average Bonchev–Trinajstić information content (AvgIpc) is 3.16. The maximum atomic E-state index is 11.5. The Morgan fingerprint density at radius 3 is 3.06 bits per heavy atom. The van der Waals surface area contributed by atoms with Crippen LogP contribution in [0.3, 0.4) is 0 Å². The van der Waals surface area contributed by atoms with Crippen molar-refractivity contribution in [3.05, 3.63) is 22.4 Å². The van der Waals surface area contributed by atoms with E-state index in [-0.39, 0.29) is 12.4 Å². The number of nitrogens with one attached hydrogen (secondary N) is 2. The molecule has 1 saturated carbocycles. The SMILES string of the molecule is COc1ccnc(NNC(=O)C2CC2[N+](=O)[O-])n1. The molecule has 2 unspecified atom stereocenters. The van der Waals surface area contributed by atoms with Gasteiger partial charge in [-0.25, -0.2) is 4.98 Å². The summed E-state index contributed by atoms with van der Waals surface area (Å²) in [5.41, 5.74) is 4.80. The molecule has 1 aliphatic rings. The van der Waals surface area contributed by atoms with E-state index in [0.717, 1.165) is 0 Å². The molecule has 0 radical (unpaired) electrons. The molecule has 96 valence electrons. The number of ether oxygens (including phenoxy) is 1. The number of hydrazine groups is 1. The summed E-state index contributed by atoms with van der Waals surface area (Å²) in [6, 6.07) is 0.773. The molecule has 9 heteroatoms. The van der Waals surface area contributed by atoms with Gasteiger partial charge in [0.1, 0.15) is 5.92 Å². The zero-order chi connectivity index (χ0) is 13.1. The van der Waals surface area contributed by atoms with Gasteiger partial charge in [0.2, 0.25) is 23.8 Å². The molecule has 1 aromatic rings. The molecule has 0 saturated heterocycles. The Labute approximate surface area is 102 Å². The first-order valence-electron chi connectivity index (χ1n) is 5.18. The van der Waals surface area contributed by atoms with Gasteiger partial charge in [0.15, 0.2) is 0 Å². The van der Waals surface area contributed by atoms with Crippen molar-refractivity contribution >= 4 is 11.9 Å². The molecule has 0 aromatic carbocycles. The second-order valence-corrected chi connectivity index (χ2v) is 3.73. The average molecular weight is 253 g/mol. The predicted molar refractivity (Wildman–Crippen MR) is 59.2 cm³/mol. The molecule has 0 spiro atoms. The Balaban J connectivity index is 1.84. The number of carbonyl (C=O) groups excluding carboxylic acids is 1. The lowest BCUT2D eigenvalue weighted by molar-refractivity contribution is -0.497. The summed E-state index contributed by atoms with van der Waals surface area (Å²) in [4.78, 5) is 29.2. The summed E-state index contributed by atoms with van der Waals surface area (Å²) in [5, 5.41) is 10.4. The summed E-state index contributed by atoms with van der Waals surface area (Å²) in [6.07, 6.45) is 1.72. The van der Waals surface area contributed by atoms with Gasteiger partial charge in [0, 0.05) is 23.6 Å². The second-order valence-electron chi connectivity index (χ2n) is 3.73. The first kappa shape index (κ1) is 12.0. The van der Waals surface area contributed by atoms with Crippen LogP contribution >= 0.6 is 0 Å². The molecule has 2 rings (SSSR count). The van der Waals surface area contributed by atoms with E-state index in [1.165, 1.54) is 13.3 Å². The van der Waals surface area contributed by atoms with E-state index in [1.807, 2.05) is 0 Å². The lowest BCUT2D eigenvalue weighted by Crippen LogP contribution is -2.33. The third-order valence-electron chi connectivity index (χ3n) is 2.50. The van der Waals surface area contributed by atoms with E-state index >= 15 is 0 Å². The molecule has 1 heterocycles. The number of aromatic nitrogens is 2. The Bertz CT molecular complexity index is 480. The normalized spacial score (nSPS) is 20.9. The van der Waals surface area contributed by atoms with Crippen molar-refractivity contribution in [3.63, 3.8) is 0 Å². The largest absolute Gasteiger partial charge is 0.481 e. The fourth-order valence-electron chi connectivity index (χ4n) is 1.42. The number of methoxy groups -OCH3 is 1. The molecule has 1 amide bonds. The molecule has 0 aliphatic heterocycles. The highest BCUT2D eigenvalue weighted by atomic mass is 16.6. The van der Waals surface area contributed by atoms with Crippen molar-refractivity contribution in [2.24, 2.45) is 5.92 Å². The first-order chi connectivity index (χ1) is 8.61. The molecular formula is C9H11N5O4. The van der Waals surface area contributed by atoms with Crippen LogP contribution in [0.15, 0.2) is 12.3 Å². The van der Waals surface area contributed by atoms with Crippen LogP contribution in [0.2, 0.25) is 0 Å². The fourth-order valence-corrected chi connectivity index (χ4v) is 1.42. The zero-order valence-electron chi connectivity index (χ0n) is 9.49. The van der Waals surface area contributed by atoms with Crippen molar-refractivity contribution in [3.8, 4) is 5.88 Å². The van der Waals surface area contributed by atoms with Gasteiger partial charge in [-0.3, -0.25) is 25.8 Å². The van der Waals surface area contributed by atoms with Crippen molar-refractivity contribution in [2.45, 2.75) is 12.5 Å². The minimum Gasteiger partial charge on any atom is -0.481 e. The molecule has 18 heavy (non-hydrogen) atoms. The van der Waals surface area contributed by atoms with Crippen LogP contribution in [0.4, 0.5) is 5.95 Å². The van der Waals surface area contributed by atoms with Gasteiger partial charge in [-0.1, -0.05) is 0 Å². The lowest BCUT2D eigenvalue weighted by Gasteiger charge is -2.06. The first-order valence-corrected chi connectivity index (χ1v) is 5.18. The maximum absolute atomic E-state index is 11.5. The van der Waals surface area contributed by atoms with Crippen LogP contribution in [0.25, 0.3) is 0 Å². The standard InChI is InChI=1S/C9H11N5O4/c1-18-7-2-3-10-9(11-7)13-12-8(15)5-4-6(5)14(16)17/h2-3,5-6H,4H2,1H3,(H,12,15)(H,10,11,13). The molecule has 9 nitrogen and oxygen atoms in total. The van der Waals surface area contributed by atoms with Crippen LogP contribution in [0.1, 0.15) is 6.42 Å². The maximum Gasteiger partial charge on any atom is 0.248 e. The van der Waals surface area contributed by atoms with E-state index in [0.29, 0.717) is 5.88 Å². The molecule has 2 N–H and O–H groups in total. The van der Waals surface area contributed by atoms with E-state index in [9.17, 15) is 14.9 Å². The van der Waals surface area contributed by atoms with Crippen LogP contribution < -0.4 is 15.6 Å². The van der Waals surface area contributed by atoms with Crippen LogP contribution in [0.5, 0.6) is 5.88 Å². The van der Waals surface area contributed by atoms with Gasteiger partial charge in [-0.05, 0) is 0 Å². The highest BCUT2D eigenvalue weighted by molar-refractivity contribution is 5.82. The van der Waals surface area contributed by atoms with Crippen LogP contribution in [-0.4, -0.2) is 34.0 Å². The molecule has 1 aromatic heterocycles. The lowest BCUT2D eigenvalue weighted by atomic mass is 10.4. The third kappa shape index (κ3) is 2.62. The number of hydrogen-bond acceptors (Lipinski definition) is 7. The minimum atomic E-state index is -0.780. The Morgan fingerprint density at radius 1 is 1.67 bits per heavy atom. The number of rotatable bonds is 5. The summed E-state index contributed by atoms with van der Waals surface area (Å²) < 4.78 is 4.88. The number of anilines is 1. The van der Waals surface area contributed by atoms with Gasteiger partial charge in [0.25, 0.3) is 0 Å². The molecule has 0 bridgehead atoms. The van der Waals surface area contributed by atoms with Gasteiger partial charge in [-0.15, -0.1) is 0 Å². The Hall–Kier alpha value is -2.45. The number of nitro groups is 1. The quantitative estimate of drug-likeness (QED) is 0.540. The molecule has 1 fully saturated rings. The van der Waals surface area contributed by atoms with E-state index in [1.54, 1.807) is 6.07 Å². The smallest absolute Gasteiger partial charge is 0.248 e. The van der Waals surface area contributed by atoms with Gasteiger partial charge in [-0.2, -0.15) is 4.98 Å². The Kier molecular flexibility index (Phi) is 3.22. The number of amides is 1. The predicted octanol–water partition coefficient (Wildman–Crippen LogP) is -0.407. The molecular weight excluding hydrogens is 242 g/mol. The fraction of sp³-hybridized carbons (Fsp3) is 0.444. The molecule has 2 atom stereocenters. The monoisotopic (exact) mass is 253 g/mol. The summed E-state index contributed by atoms with van der Waals surface area (Å²) >= 11 is 0. The Morgan fingerprint density at radius 2 is 2.44 bits per heavy atom. The summed E-state index contributed by atoms with van der Waals surface area (Å²) in [7, 11) is 1.45. The van der Waals surface area contributed by atoms with Crippen molar-refractivity contribution in [1.82, 2.24) is 15.4 Å². The van der Waals surface area contributed by atoms with Gasteiger partial charge >= 0.3 is 0 Å². The number of nitrogens with zero attached hydrogens (tertiary/aromatic N) is 3. The summed E-state index contributed by atoms with van der Waals surface area (Å²) in [5.74, 6) is -0.529. The highest BCUT2D eigenvalue weighted by Gasteiger charge is 2.53. The van der Waals surface area contributed by atoms with E-state index in [2.05, 4.69) is 20.8 Å². The topological polar surface area (TPSA) is 119 Å². The highest BCUT2D eigenvalue weighted by Crippen LogP contribution is 2.32. The zero-order valence-corrected chi connectivity index (χ0v) is 9.49. The van der Waals surface area contributed by atoms with Crippen molar-refractivity contribution in [2.75, 3.05) is 12.5 Å². The van der Waals surface area contributed by atoms with Crippen molar-refractivity contribution in [1.29, 1.82) is 0 Å².